The van der Waals surface area contributed by atoms with Crippen molar-refractivity contribution in [2.45, 2.75) is 25.3 Å². The van der Waals surface area contributed by atoms with Gasteiger partial charge in [-0.2, -0.15) is 11.8 Å². The van der Waals surface area contributed by atoms with Crippen LogP contribution in [0, 0.1) is 0 Å². The molecule has 0 aromatic carbocycles. The maximum Gasteiger partial charge on any atom is 0.315 e. The van der Waals surface area contributed by atoms with E-state index in [4.69, 9.17) is 5.11 Å². The Morgan fingerprint density at radius 3 is 2.96 bits per heavy atom. The van der Waals surface area contributed by atoms with Gasteiger partial charge in [0.25, 0.3) is 0 Å². The van der Waals surface area contributed by atoms with Crippen LogP contribution in [0.15, 0.2) is 24.4 Å². The second kappa shape index (κ2) is 9.11. The first-order valence-electron chi connectivity index (χ1n) is 7.66. The van der Waals surface area contributed by atoms with E-state index in [1.54, 1.807) is 11.8 Å². The Morgan fingerprint density at radius 1 is 1.38 bits per heavy atom. The molecule has 0 aliphatic carbocycles. The van der Waals surface area contributed by atoms with Gasteiger partial charge >= 0.3 is 12.0 Å². The van der Waals surface area contributed by atoms with E-state index in [2.05, 4.69) is 20.8 Å². The van der Waals surface area contributed by atoms with Crippen molar-refractivity contribution in [3.8, 4) is 0 Å². The fourth-order valence-corrected chi connectivity index (χ4v) is 2.72. The van der Waals surface area contributed by atoms with Gasteiger partial charge in [0.1, 0.15) is 0 Å². The molecule has 0 spiro atoms. The molecule has 0 radical (unpaired) electrons. The van der Waals surface area contributed by atoms with Crippen LogP contribution < -0.4 is 10.6 Å². The number of amides is 2. The third-order valence-corrected chi connectivity index (χ3v) is 4.06. The van der Waals surface area contributed by atoms with E-state index in [0.29, 0.717) is 18.8 Å². The maximum absolute atomic E-state index is 12.1. The predicted octanol–water partition coefficient (Wildman–Crippen LogP) is 1.69. The molecule has 0 fully saturated rings. The number of carbonyl (C=O) groups is 2. The third-order valence-electron chi connectivity index (χ3n) is 3.42. The van der Waals surface area contributed by atoms with E-state index in [1.165, 1.54) is 0 Å². The Hall–Kier alpha value is -2.29. The van der Waals surface area contributed by atoms with Crippen molar-refractivity contribution in [2.24, 2.45) is 0 Å². The van der Waals surface area contributed by atoms with Gasteiger partial charge < -0.3 is 15.7 Å². The molecule has 8 nitrogen and oxygen atoms in total. The van der Waals surface area contributed by atoms with Crippen LogP contribution in [0.3, 0.4) is 0 Å². The molecule has 0 aliphatic rings. The van der Waals surface area contributed by atoms with E-state index < -0.39 is 5.97 Å². The highest BCUT2D eigenvalue weighted by molar-refractivity contribution is 7.98. The Bertz CT molecular complexity index is 691. The van der Waals surface area contributed by atoms with Crippen LogP contribution in [0.2, 0.25) is 0 Å². The maximum atomic E-state index is 12.1. The van der Waals surface area contributed by atoms with E-state index in [0.717, 1.165) is 17.8 Å². The van der Waals surface area contributed by atoms with Gasteiger partial charge in [-0.15, -0.1) is 10.2 Å². The number of aromatic nitrogens is 3. The quantitative estimate of drug-likeness (QED) is 0.593. The van der Waals surface area contributed by atoms with Crippen LogP contribution in [0.4, 0.5) is 4.79 Å². The minimum absolute atomic E-state index is 0.0327. The van der Waals surface area contributed by atoms with Gasteiger partial charge in [-0.25, -0.2) is 4.79 Å². The van der Waals surface area contributed by atoms with Crippen molar-refractivity contribution < 1.29 is 14.7 Å². The first-order chi connectivity index (χ1) is 11.6. The number of thioether (sulfide) groups is 1. The van der Waals surface area contributed by atoms with Gasteiger partial charge in [-0.3, -0.25) is 9.20 Å². The van der Waals surface area contributed by atoms with E-state index >= 15 is 0 Å². The minimum atomic E-state index is -0.870. The number of carboxylic acids is 1. The number of nitrogens with one attached hydrogen (secondary N) is 2. The van der Waals surface area contributed by atoms with Crippen LogP contribution in [-0.2, 0) is 4.79 Å². The molecule has 3 N–H and O–H groups in total. The normalized spacial score (nSPS) is 12.0. The summed E-state index contributed by atoms with van der Waals surface area (Å²) in [6.45, 7) is 0.313. The summed E-state index contributed by atoms with van der Waals surface area (Å²) in [6, 6.07) is 5.02. The number of rotatable bonds is 9. The zero-order valence-electron chi connectivity index (χ0n) is 13.4. The summed E-state index contributed by atoms with van der Waals surface area (Å²) >= 11 is 1.69. The van der Waals surface area contributed by atoms with Crippen molar-refractivity contribution in [2.75, 3.05) is 18.6 Å². The molecule has 0 saturated carbocycles. The molecule has 1 atom stereocenters. The summed E-state index contributed by atoms with van der Waals surface area (Å²) in [5, 5.41) is 22.5. The molecule has 1 unspecified atom stereocenters. The summed E-state index contributed by atoms with van der Waals surface area (Å²) in [4.78, 5) is 22.5. The average molecular weight is 351 g/mol. The lowest BCUT2D eigenvalue weighted by atomic mass is 10.2. The van der Waals surface area contributed by atoms with Crippen LogP contribution >= 0.6 is 11.8 Å². The van der Waals surface area contributed by atoms with Crippen LogP contribution in [0.25, 0.3) is 5.65 Å². The molecule has 2 heterocycles. The highest BCUT2D eigenvalue weighted by Crippen LogP contribution is 2.18. The second-order valence-corrected chi connectivity index (χ2v) is 6.20. The van der Waals surface area contributed by atoms with Crippen LogP contribution in [0.1, 0.15) is 31.1 Å². The van der Waals surface area contributed by atoms with Gasteiger partial charge in [-0.1, -0.05) is 6.07 Å². The topological polar surface area (TPSA) is 109 Å². The van der Waals surface area contributed by atoms with E-state index in [9.17, 15) is 9.59 Å². The number of aliphatic carboxylic acids is 1. The monoisotopic (exact) mass is 351 g/mol. The van der Waals surface area contributed by atoms with Crippen molar-refractivity contribution >= 4 is 29.4 Å². The zero-order valence-corrected chi connectivity index (χ0v) is 14.3. The van der Waals surface area contributed by atoms with Crippen molar-refractivity contribution in [1.82, 2.24) is 25.2 Å². The van der Waals surface area contributed by atoms with Crippen LogP contribution in [0.5, 0.6) is 0 Å². The number of carboxylic acid groups (broad SMARTS) is 1. The molecule has 2 amide bonds. The standard InChI is InChI=1S/C15H21N5O3S/c1-24-10-7-11(17-15(23)16-8-4-6-13(21)22)14-19-18-12-5-2-3-9-20(12)14/h2-3,5,9,11H,4,6-8,10H2,1H3,(H,21,22)(H2,16,17,23). The zero-order chi connectivity index (χ0) is 17.4. The van der Waals surface area contributed by atoms with E-state index in [-0.39, 0.29) is 18.5 Å². The van der Waals surface area contributed by atoms with Gasteiger partial charge in [0.05, 0.1) is 6.04 Å². The molecule has 0 aliphatic heterocycles. The lowest BCUT2D eigenvalue weighted by molar-refractivity contribution is -0.137. The smallest absolute Gasteiger partial charge is 0.315 e. The van der Waals surface area contributed by atoms with Gasteiger partial charge in [0, 0.05) is 19.2 Å². The lowest BCUT2D eigenvalue weighted by Crippen LogP contribution is -2.39. The molecular formula is C15H21N5O3S. The molecule has 0 bridgehead atoms. The second-order valence-electron chi connectivity index (χ2n) is 5.22. The first kappa shape index (κ1) is 18.1. The Kier molecular flexibility index (Phi) is 6.86. The largest absolute Gasteiger partial charge is 0.481 e. The molecule has 130 valence electrons. The summed E-state index contributed by atoms with van der Waals surface area (Å²) < 4.78 is 1.86. The Morgan fingerprint density at radius 2 is 2.21 bits per heavy atom. The van der Waals surface area contributed by atoms with Gasteiger partial charge in [0.15, 0.2) is 11.5 Å². The summed E-state index contributed by atoms with van der Waals surface area (Å²) in [5.74, 6) is 0.677. The highest BCUT2D eigenvalue weighted by atomic mass is 32.2. The SMILES string of the molecule is CSCCC(NC(=O)NCCCC(=O)O)c1nnc2ccccn12. The molecule has 0 saturated heterocycles. The molecule has 2 aromatic rings. The fourth-order valence-electron chi connectivity index (χ4n) is 2.25. The van der Waals surface area contributed by atoms with Crippen LogP contribution in [-0.4, -0.2) is 50.3 Å². The third kappa shape index (κ3) is 5.12. The summed E-state index contributed by atoms with van der Waals surface area (Å²) in [7, 11) is 0. The number of urea groups is 1. The predicted molar refractivity (Wildman–Crippen MR) is 92.1 cm³/mol. The summed E-state index contributed by atoms with van der Waals surface area (Å²) in [5.41, 5.74) is 0.727. The molecule has 2 aromatic heterocycles. The number of carbonyl (C=O) groups excluding carboxylic acids is 1. The molecule has 24 heavy (non-hydrogen) atoms. The number of hydrogen-bond acceptors (Lipinski definition) is 5. The highest BCUT2D eigenvalue weighted by Gasteiger charge is 2.19. The number of hydrogen-bond donors (Lipinski definition) is 3. The molecular weight excluding hydrogens is 330 g/mol. The van der Waals surface area contributed by atoms with Crippen molar-refractivity contribution in [3.63, 3.8) is 0 Å². The molecule has 2 rings (SSSR count). The lowest BCUT2D eigenvalue weighted by Gasteiger charge is -2.17. The van der Waals surface area contributed by atoms with Gasteiger partial charge in [0.2, 0.25) is 0 Å². The first-order valence-corrected chi connectivity index (χ1v) is 9.06. The number of fused-ring (bicyclic) bond motifs is 1. The fraction of sp³-hybridized carbons (Fsp3) is 0.467. The molecule has 9 heteroatoms. The summed E-state index contributed by atoms with van der Waals surface area (Å²) in [6.07, 6.45) is 5.02. The number of pyridine rings is 1. The van der Waals surface area contributed by atoms with Crippen molar-refractivity contribution in [3.05, 3.63) is 30.2 Å². The minimum Gasteiger partial charge on any atom is -0.481 e. The van der Waals surface area contributed by atoms with Gasteiger partial charge in [-0.05, 0) is 37.0 Å². The Balaban J connectivity index is 2.00. The Labute approximate surface area is 144 Å². The number of nitrogens with zero attached hydrogens (tertiary/aromatic N) is 3. The average Bonchev–Trinajstić information content (AvgIpc) is 2.99. The van der Waals surface area contributed by atoms with E-state index in [1.807, 2.05) is 35.1 Å². The van der Waals surface area contributed by atoms with Crippen molar-refractivity contribution in [1.29, 1.82) is 0 Å².